The van der Waals surface area contributed by atoms with E-state index >= 15 is 0 Å². The Morgan fingerprint density at radius 3 is 2.60 bits per heavy atom. The number of amides is 1. The first-order chi connectivity index (χ1) is 16.7. The van der Waals surface area contributed by atoms with Crippen LogP contribution in [0.3, 0.4) is 0 Å². The Balaban J connectivity index is 2.01. The Morgan fingerprint density at radius 1 is 1.20 bits per heavy atom. The second-order valence-corrected chi connectivity index (χ2v) is 9.94. The number of fused-ring (bicyclic) bond motifs is 1. The Hall–Kier alpha value is -3.60. The second-order valence-electron chi connectivity index (χ2n) is 9.94. The first-order valence-corrected chi connectivity index (χ1v) is 12.2. The van der Waals surface area contributed by atoms with E-state index < -0.39 is 11.7 Å². The van der Waals surface area contributed by atoms with Gasteiger partial charge in [0.15, 0.2) is 5.65 Å². The number of carbonyl (C=O) groups is 1. The van der Waals surface area contributed by atoms with E-state index in [0.29, 0.717) is 30.2 Å². The minimum absolute atomic E-state index is 0.221. The summed E-state index contributed by atoms with van der Waals surface area (Å²) in [7, 11) is 0. The zero-order valence-corrected chi connectivity index (χ0v) is 21.4. The van der Waals surface area contributed by atoms with Crippen LogP contribution in [-0.2, 0) is 11.3 Å². The van der Waals surface area contributed by atoms with Crippen molar-refractivity contribution >= 4 is 23.4 Å². The van der Waals surface area contributed by atoms with E-state index in [1.807, 2.05) is 63.4 Å². The van der Waals surface area contributed by atoms with Gasteiger partial charge in [0.1, 0.15) is 17.2 Å². The van der Waals surface area contributed by atoms with Crippen molar-refractivity contribution in [2.24, 2.45) is 0 Å². The molecule has 0 spiro atoms. The van der Waals surface area contributed by atoms with Gasteiger partial charge in [0.05, 0.1) is 18.8 Å². The molecule has 1 aromatic carbocycles. The van der Waals surface area contributed by atoms with Gasteiger partial charge in [-0.3, -0.25) is 4.90 Å². The summed E-state index contributed by atoms with van der Waals surface area (Å²) in [5.41, 5.74) is 2.06. The van der Waals surface area contributed by atoms with Crippen LogP contribution in [0.4, 0.5) is 16.4 Å². The summed E-state index contributed by atoms with van der Waals surface area (Å²) >= 11 is 0. The van der Waals surface area contributed by atoms with Gasteiger partial charge < -0.3 is 10.1 Å². The van der Waals surface area contributed by atoms with Gasteiger partial charge in [0.25, 0.3) is 0 Å². The maximum absolute atomic E-state index is 13.4. The Labute approximate surface area is 207 Å². The summed E-state index contributed by atoms with van der Waals surface area (Å²) in [6.07, 6.45) is 4.74. The molecule has 0 saturated heterocycles. The second kappa shape index (κ2) is 11.7. The van der Waals surface area contributed by atoms with Crippen molar-refractivity contribution in [2.75, 3.05) is 16.8 Å². The van der Waals surface area contributed by atoms with Gasteiger partial charge in [-0.15, -0.1) is 0 Å². The minimum Gasteiger partial charge on any atom is -0.443 e. The fourth-order valence-corrected chi connectivity index (χ4v) is 3.70. The maximum atomic E-state index is 13.4. The summed E-state index contributed by atoms with van der Waals surface area (Å²) in [6.45, 7) is 10.8. The molecule has 0 aliphatic heterocycles. The molecule has 8 heteroatoms. The third kappa shape index (κ3) is 7.19. The number of ether oxygens (including phenoxy) is 1. The van der Waals surface area contributed by atoms with Crippen molar-refractivity contribution in [3.8, 4) is 6.07 Å². The standard InChI is InChI=1S/C27H36N6O2/c1-20(2)22-18-30-33-24(17-23(31-25(22)33)29-16-12-7-6-11-15-28)32(26(34)35-27(3,4)5)19-21-13-9-8-10-14-21/h8-10,13-14,17-18,20H,6-7,11-12,16,19H2,1-5H3,(H,29,31). The Bertz CT molecular complexity index is 1160. The third-order valence-corrected chi connectivity index (χ3v) is 5.45. The molecule has 0 aliphatic rings. The van der Waals surface area contributed by atoms with Crippen LogP contribution in [-0.4, -0.2) is 32.8 Å². The number of anilines is 2. The lowest BCUT2D eigenvalue weighted by molar-refractivity contribution is 0.0575. The normalized spacial score (nSPS) is 11.5. The molecule has 2 heterocycles. The molecule has 0 atom stereocenters. The zero-order chi connectivity index (χ0) is 25.4. The van der Waals surface area contributed by atoms with Crippen molar-refractivity contribution < 1.29 is 9.53 Å². The fourth-order valence-electron chi connectivity index (χ4n) is 3.70. The van der Waals surface area contributed by atoms with E-state index in [0.717, 1.165) is 36.9 Å². The van der Waals surface area contributed by atoms with Gasteiger partial charge in [-0.05, 0) is 45.1 Å². The van der Waals surface area contributed by atoms with Gasteiger partial charge in [0.2, 0.25) is 0 Å². The molecule has 3 rings (SSSR count). The first-order valence-electron chi connectivity index (χ1n) is 12.2. The number of benzene rings is 1. The molecule has 0 aliphatic carbocycles. The van der Waals surface area contributed by atoms with Crippen LogP contribution in [0.25, 0.3) is 5.65 Å². The molecular weight excluding hydrogens is 440 g/mol. The monoisotopic (exact) mass is 476 g/mol. The minimum atomic E-state index is -0.643. The summed E-state index contributed by atoms with van der Waals surface area (Å²) in [4.78, 5) is 19.9. The number of hydrogen-bond donors (Lipinski definition) is 1. The number of rotatable bonds is 10. The van der Waals surface area contributed by atoms with E-state index in [1.54, 1.807) is 9.42 Å². The highest BCUT2D eigenvalue weighted by molar-refractivity contribution is 5.88. The summed E-state index contributed by atoms with van der Waals surface area (Å²) < 4.78 is 7.51. The molecule has 0 fully saturated rings. The lowest BCUT2D eigenvalue weighted by atomic mass is 10.1. The van der Waals surface area contributed by atoms with E-state index in [2.05, 4.69) is 30.3 Å². The SMILES string of the molecule is CC(C)c1cnn2c(N(Cc3ccccc3)C(=O)OC(C)(C)C)cc(NCCCCCC#N)nc12. The fraction of sp³-hybridized carbons (Fsp3) is 0.481. The molecule has 8 nitrogen and oxygen atoms in total. The van der Waals surface area contributed by atoms with Crippen LogP contribution in [0.2, 0.25) is 0 Å². The zero-order valence-electron chi connectivity index (χ0n) is 21.4. The van der Waals surface area contributed by atoms with Crippen LogP contribution in [0.15, 0.2) is 42.6 Å². The van der Waals surface area contributed by atoms with Gasteiger partial charge >= 0.3 is 6.09 Å². The van der Waals surface area contributed by atoms with Crippen molar-refractivity contribution in [1.82, 2.24) is 14.6 Å². The van der Waals surface area contributed by atoms with Crippen LogP contribution in [0, 0.1) is 11.3 Å². The van der Waals surface area contributed by atoms with Crippen LogP contribution in [0.1, 0.15) is 77.3 Å². The van der Waals surface area contributed by atoms with E-state index in [9.17, 15) is 4.79 Å². The van der Waals surface area contributed by atoms with Gasteiger partial charge in [0, 0.05) is 24.6 Å². The number of nitrogens with one attached hydrogen (secondary N) is 1. The largest absolute Gasteiger partial charge is 0.443 e. The van der Waals surface area contributed by atoms with E-state index in [1.165, 1.54) is 0 Å². The molecular formula is C27H36N6O2. The van der Waals surface area contributed by atoms with Crippen molar-refractivity contribution in [3.05, 3.63) is 53.7 Å². The topological polar surface area (TPSA) is 95.5 Å². The number of nitriles is 1. The number of nitrogens with zero attached hydrogens (tertiary/aromatic N) is 5. The van der Waals surface area contributed by atoms with Crippen LogP contribution < -0.4 is 10.2 Å². The Morgan fingerprint density at radius 2 is 1.94 bits per heavy atom. The number of unbranched alkanes of at least 4 members (excludes halogenated alkanes) is 3. The maximum Gasteiger partial charge on any atom is 0.416 e. The van der Waals surface area contributed by atoms with Gasteiger partial charge in [-0.2, -0.15) is 14.9 Å². The molecule has 2 aromatic heterocycles. The average molecular weight is 477 g/mol. The highest BCUT2D eigenvalue weighted by Crippen LogP contribution is 2.28. The molecule has 35 heavy (non-hydrogen) atoms. The Kier molecular flexibility index (Phi) is 8.69. The van der Waals surface area contributed by atoms with Crippen molar-refractivity contribution in [1.29, 1.82) is 5.26 Å². The molecule has 186 valence electrons. The highest BCUT2D eigenvalue weighted by atomic mass is 16.6. The molecule has 0 bridgehead atoms. The first kappa shape index (κ1) is 26.0. The van der Waals surface area contributed by atoms with E-state index in [-0.39, 0.29) is 5.92 Å². The van der Waals surface area contributed by atoms with E-state index in [4.69, 9.17) is 15.0 Å². The van der Waals surface area contributed by atoms with Crippen molar-refractivity contribution in [2.45, 2.75) is 78.4 Å². The molecule has 1 amide bonds. The summed E-state index contributed by atoms with van der Waals surface area (Å²) in [6, 6.07) is 13.9. The highest BCUT2D eigenvalue weighted by Gasteiger charge is 2.27. The number of hydrogen-bond acceptors (Lipinski definition) is 6. The van der Waals surface area contributed by atoms with Gasteiger partial charge in [-0.1, -0.05) is 50.6 Å². The predicted octanol–water partition coefficient (Wildman–Crippen LogP) is 6.29. The van der Waals surface area contributed by atoms with Crippen LogP contribution >= 0.6 is 0 Å². The van der Waals surface area contributed by atoms with Crippen LogP contribution in [0.5, 0.6) is 0 Å². The third-order valence-electron chi connectivity index (χ3n) is 5.45. The van der Waals surface area contributed by atoms with Gasteiger partial charge in [-0.25, -0.2) is 9.78 Å². The average Bonchev–Trinajstić information content (AvgIpc) is 3.23. The predicted molar refractivity (Wildman–Crippen MR) is 139 cm³/mol. The molecule has 1 N–H and O–H groups in total. The quantitative estimate of drug-likeness (QED) is 0.346. The lowest BCUT2D eigenvalue weighted by Gasteiger charge is -2.28. The summed E-state index contributed by atoms with van der Waals surface area (Å²) in [5.74, 6) is 1.49. The molecule has 0 unspecified atom stereocenters. The molecule has 0 radical (unpaired) electrons. The number of aromatic nitrogens is 3. The van der Waals surface area contributed by atoms with Crippen molar-refractivity contribution in [3.63, 3.8) is 0 Å². The molecule has 0 saturated carbocycles. The summed E-state index contributed by atoms with van der Waals surface area (Å²) in [5, 5.41) is 16.7. The lowest BCUT2D eigenvalue weighted by Crippen LogP contribution is -2.37. The molecule has 3 aromatic rings. The number of carbonyl (C=O) groups excluding carboxylic acids is 1. The smallest absolute Gasteiger partial charge is 0.416 e.